The summed E-state index contributed by atoms with van der Waals surface area (Å²) in [4.78, 5) is 22.8. The summed E-state index contributed by atoms with van der Waals surface area (Å²) in [5.74, 6) is 1.05. The highest BCUT2D eigenvalue weighted by Gasteiger charge is 2.13. The Bertz CT molecular complexity index is 656. The molecule has 0 bridgehead atoms. The molecule has 2 aromatic rings. The fraction of sp³-hybridized carbons (Fsp3) is 0.333. The average molecular weight is 267 g/mol. The van der Waals surface area contributed by atoms with Crippen LogP contribution in [0.4, 0.5) is 0 Å². The van der Waals surface area contributed by atoms with Crippen LogP contribution in [0, 0.1) is 0 Å². The molecular weight excluding hydrogens is 254 g/mol. The van der Waals surface area contributed by atoms with Gasteiger partial charge in [0.1, 0.15) is 5.78 Å². The summed E-state index contributed by atoms with van der Waals surface area (Å²) >= 11 is 1.09. The number of ether oxygens (including phenoxy) is 2. The molecule has 0 N–H and O–H groups in total. The minimum atomic E-state index is -0.157. The van der Waals surface area contributed by atoms with E-state index in [0.29, 0.717) is 17.0 Å². The van der Waals surface area contributed by atoms with Gasteiger partial charge in [-0.1, -0.05) is 11.3 Å². The molecule has 0 aliphatic heterocycles. The van der Waals surface area contributed by atoms with E-state index in [2.05, 4.69) is 0 Å². The second kappa shape index (κ2) is 4.81. The fourth-order valence-electron chi connectivity index (χ4n) is 1.76. The summed E-state index contributed by atoms with van der Waals surface area (Å²) in [7, 11) is 3.07. The summed E-state index contributed by atoms with van der Waals surface area (Å²) in [6.45, 7) is 1.53. The van der Waals surface area contributed by atoms with Crippen molar-refractivity contribution in [3.63, 3.8) is 0 Å². The number of carbonyl (C=O) groups is 1. The molecule has 0 amide bonds. The highest BCUT2D eigenvalue weighted by molar-refractivity contribution is 7.16. The molecule has 0 saturated carbocycles. The average Bonchev–Trinajstić information content (AvgIpc) is 2.63. The summed E-state index contributed by atoms with van der Waals surface area (Å²) in [5.41, 5.74) is 0.692. The standard InChI is InChI=1S/C12H13NO4S/c1-7(14)6-13-8-4-9(16-2)10(17-3)5-11(8)18-12(13)15/h4-5H,6H2,1-3H3. The van der Waals surface area contributed by atoms with Crippen LogP contribution in [0.5, 0.6) is 11.5 Å². The van der Waals surface area contributed by atoms with E-state index in [0.717, 1.165) is 16.0 Å². The van der Waals surface area contributed by atoms with Crippen LogP contribution in [-0.4, -0.2) is 24.6 Å². The molecule has 0 spiro atoms. The molecule has 2 rings (SSSR count). The van der Waals surface area contributed by atoms with Crippen LogP contribution in [0.15, 0.2) is 16.9 Å². The van der Waals surface area contributed by atoms with Gasteiger partial charge in [-0.15, -0.1) is 0 Å². The summed E-state index contributed by atoms with van der Waals surface area (Å²) in [6, 6.07) is 3.46. The van der Waals surface area contributed by atoms with Crippen LogP contribution in [0.2, 0.25) is 0 Å². The van der Waals surface area contributed by atoms with Crippen molar-refractivity contribution in [2.45, 2.75) is 13.5 Å². The number of fused-ring (bicyclic) bond motifs is 1. The molecule has 5 nitrogen and oxygen atoms in total. The fourth-order valence-corrected chi connectivity index (χ4v) is 2.66. The maximum Gasteiger partial charge on any atom is 0.308 e. The van der Waals surface area contributed by atoms with Gasteiger partial charge >= 0.3 is 4.87 Å². The van der Waals surface area contributed by atoms with Gasteiger partial charge in [-0.05, 0) is 6.92 Å². The number of Topliss-reactive ketones (excluding diaryl/α,β-unsaturated/α-hetero) is 1. The molecule has 6 heteroatoms. The molecule has 18 heavy (non-hydrogen) atoms. The molecule has 1 aromatic carbocycles. The Morgan fingerprint density at radius 2 is 1.89 bits per heavy atom. The first-order valence-electron chi connectivity index (χ1n) is 5.31. The smallest absolute Gasteiger partial charge is 0.308 e. The molecule has 0 aliphatic rings. The maximum absolute atomic E-state index is 11.8. The molecule has 96 valence electrons. The molecule has 1 heterocycles. The van der Waals surface area contributed by atoms with Crippen molar-refractivity contribution in [2.24, 2.45) is 0 Å². The first-order valence-corrected chi connectivity index (χ1v) is 6.13. The largest absolute Gasteiger partial charge is 0.493 e. The van der Waals surface area contributed by atoms with Crippen LogP contribution < -0.4 is 14.3 Å². The van der Waals surface area contributed by atoms with Gasteiger partial charge < -0.3 is 9.47 Å². The molecule has 0 fully saturated rings. The van der Waals surface area contributed by atoms with Gasteiger partial charge in [0.2, 0.25) is 0 Å². The lowest BCUT2D eigenvalue weighted by atomic mass is 10.3. The zero-order valence-corrected chi connectivity index (χ0v) is 11.2. The Hall–Kier alpha value is -1.82. The summed E-state index contributed by atoms with van der Waals surface area (Å²) in [6.07, 6.45) is 0. The lowest BCUT2D eigenvalue weighted by Crippen LogP contribution is -2.17. The molecule has 0 unspecified atom stereocenters. The van der Waals surface area contributed by atoms with Gasteiger partial charge in [0.05, 0.1) is 31.0 Å². The molecule has 0 atom stereocenters. The third-order valence-corrected chi connectivity index (χ3v) is 3.50. The van der Waals surface area contributed by atoms with Crippen LogP contribution in [-0.2, 0) is 11.3 Å². The van der Waals surface area contributed by atoms with E-state index in [4.69, 9.17) is 9.47 Å². The van der Waals surface area contributed by atoms with Gasteiger partial charge in [0, 0.05) is 12.1 Å². The second-order valence-electron chi connectivity index (χ2n) is 3.83. The van der Waals surface area contributed by atoms with Crippen molar-refractivity contribution < 1.29 is 14.3 Å². The van der Waals surface area contributed by atoms with E-state index in [1.54, 1.807) is 19.2 Å². The minimum Gasteiger partial charge on any atom is -0.493 e. The number of benzene rings is 1. The highest BCUT2D eigenvalue weighted by Crippen LogP contribution is 2.33. The number of ketones is 1. The van der Waals surface area contributed by atoms with Crippen molar-refractivity contribution in [3.05, 3.63) is 21.8 Å². The predicted octanol–water partition coefficient (Wildman–Crippen LogP) is 1.67. The van der Waals surface area contributed by atoms with E-state index in [-0.39, 0.29) is 17.2 Å². The van der Waals surface area contributed by atoms with Crippen molar-refractivity contribution in [2.75, 3.05) is 14.2 Å². The number of hydrogen-bond acceptors (Lipinski definition) is 5. The first kappa shape index (κ1) is 12.6. The number of methoxy groups -OCH3 is 2. The van der Waals surface area contributed by atoms with E-state index in [9.17, 15) is 9.59 Å². The van der Waals surface area contributed by atoms with Gasteiger partial charge in [-0.2, -0.15) is 0 Å². The summed E-state index contributed by atoms with van der Waals surface area (Å²) in [5, 5.41) is 0. The lowest BCUT2D eigenvalue weighted by Gasteiger charge is -2.08. The third kappa shape index (κ3) is 2.11. The highest BCUT2D eigenvalue weighted by atomic mass is 32.1. The Kier molecular flexibility index (Phi) is 3.38. The maximum atomic E-state index is 11.8. The topological polar surface area (TPSA) is 57.5 Å². The van der Waals surface area contributed by atoms with E-state index < -0.39 is 0 Å². The Morgan fingerprint density at radius 3 is 2.44 bits per heavy atom. The number of thiazole rings is 1. The number of rotatable bonds is 4. The van der Waals surface area contributed by atoms with Gasteiger partial charge in [0.25, 0.3) is 0 Å². The van der Waals surface area contributed by atoms with Crippen LogP contribution >= 0.6 is 11.3 Å². The molecule has 1 aromatic heterocycles. The molecule has 0 radical (unpaired) electrons. The van der Waals surface area contributed by atoms with Crippen LogP contribution in [0.25, 0.3) is 10.2 Å². The number of carbonyl (C=O) groups excluding carboxylic acids is 1. The van der Waals surface area contributed by atoms with Crippen molar-refractivity contribution in [3.8, 4) is 11.5 Å². The van der Waals surface area contributed by atoms with E-state index >= 15 is 0 Å². The zero-order chi connectivity index (χ0) is 13.3. The first-order chi connectivity index (χ1) is 8.56. The number of hydrogen-bond donors (Lipinski definition) is 0. The number of aromatic nitrogens is 1. The normalized spacial score (nSPS) is 10.6. The third-order valence-electron chi connectivity index (χ3n) is 2.55. The number of nitrogens with zero attached hydrogens (tertiary/aromatic N) is 1. The zero-order valence-electron chi connectivity index (χ0n) is 10.4. The van der Waals surface area contributed by atoms with Gasteiger partial charge in [-0.25, -0.2) is 0 Å². The Balaban J connectivity index is 2.70. The van der Waals surface area contributed by atoms with Crippen LogP contribution in [0.1, 0.15) is 6.92 Å². The van der Waals surface area contributed by atoms with Crippen LogP contribution in [0.3, 0.4) is 0 Å². The SMILES string of the molecule is COc1cc2sc(=O)n(CC(C)=O)c2cc1OC. The van der Waals surface area contributed by atoms with E-state index in [1.807, 2.05) is 0 Å². The Labute approximate surface area is 108 Å². The second-order valence-corrected chi connectivity index (χ2v) is 4.82. The molecular formula is C12H13NO4S. The Morgan fingerprint density at radius 1 is 1.28 bits per heavy atom. The predicted molar refractivity (Wildman–Crippen MR) is 69.9 cm³/mol. The lowest BCUT2D eigenvalue weighted by molar-refractivity contribution is -0.117. The molecule has 0 aliphatic carbocycles. The monoisotopic (exact) mass is 267 g/mol. The van der Waals surface area contributed by atoms with Gasteiger partial charge in [-0.3, -0.25) is 14.2 Å². The van der Waals surface area contributed by atoms with Crippen molar-refractivity contribution >= 4 is 27.3 Å². The van der Waals surface area contributed by atoms with Gasteiger partial charge in [0.15, 0.2) is 11.5 Å². The molecule has 0 saturated heterocycles. The minimum absolute atomic E-state index is 0.0633. The summed E-state index contributed by atoms with van der Waals surface area (Å²) < 4.78 is 12.6. The van der Waals surface area contributed by atoms with Crippen molar-refractivity contribution in [1.82, 2.24) is 4.57 Å². The van der Waals surface area contributed by atoms with E-state index in [1.165, 1.54) is 18.6 Å². The quantitative estimate of drug-likeness (QED) is 0.845. The van der Waals surface area contributed by atoms with Crippen molar-refractivity contribution in [1.29, 1.82) is 0 Å².